The number of nitrogens with zero attached hydrogens (tertiary/aromatic N) is 2. The minimum Gasteiger partial charge on any atom is -0.506 e. The number of hydrogen-bond donors (Lipinski definition) is 2. The lowest BCUT2D eigenvalue weighted by atomic mass is 10.1. The number of allylic oxidation sites excluding steroid dienone is 1. The molecule has 0 radical (unpaired) electrons. The lowest BCUT2D eigenvalue weighted by Gasteiger charge is -2.32. The zero-order valence-electron chi connectivity index (χ0n) is 17.9. The molecule has 0 unspecified atom stereocenters. The number of benzene rings is 3. The van der Waals surface area contributed by atoms with Gasteiger partial charge in [0.2, 0.25) is 5.91 Å². The van der Waals surface area contributed by atoms with Gasteiger partial charge in [0, 0.05) is 33.9 Å². The molecule has 1 aliphatic carbocycles. The molecule has 1 amide bonds. The number of fused-ring (bicyclic) bond motifs is 3. The maximum atomic E-state index is 12.6. The number of Topliss-reactive ketones (excluding diaryl/α,β-unsaturated/α-hetero) is 1. The number of anilines is 2. The molecule has 0 bridgehead atoms. The van der Waals surface area contributed by atoms with Gasteiger partial charge >= 0.3 is 0 Å². The smallest absolute Gasteiger partial charge is 0.241 e. The van der Waals surface area contributed by atoms with Crippen LogP contribution in [0.1, 0.15) is 29.3 Å². The summed E-state index contributed by atoms with van der Waals surface area (Å²) in [6.45, 7) is 2.08. The molecule has 0 aromatic heterocycles. The van der Waals surface area contributed by atoms with Crippen molar-refractivity contribution in [2.24, 2.45) is 5.10 Å². The second kappa shape index (κ2) is 8.60. The van der Waals surface area contributed by atoms with Crippen LogP contribution in [0.15, 0.2) is 93.3 Å². The summed E-state index contributed by atoms with van der Waals surface area (Å²) in [5.41, 5.74) is 5.98. The van der Waals surface area contributed by atoms with Crippen molar-refractivity contribution in [2.75, 3.05) is 11.4 Å². The monoisotopic (exact) mass is 455 g/mol. The van der Waals surface area contributed by atoms with Crippen LogP contribution in [0.25, 0.3) is 5.76 Å². The first kappa shape index (κ1) is 21.0. The van der Waals surface area contributed by atoms with E-state index in [-0.39, 0.29) is 35.2 Å². The Labute approximate surface area is 195 Å². The molecule has 0 saturated carbocycles. The van der Waals surface area contributed by atoms with Crippen LogP contribution in [0, 0.1) is 0 Å². The van der Waals surface area contributed by atoms with E-state index >= 15 is 0 Å². The Bertz CT molecular complexity index is 1300. The molecule has 0 spiro atoms. The second-order valence-electron chi connectivity index (χ2n) is 7.77. The van der Waals surface area contributed by atoms with Crippen molar-refractivity contribution in [3.8, 4) is 0 Å². The van der Waals surface area contributed by atoms with Gasteiger partial charge in [-0.15, -0.1) is 0 Å². The minimum absolute atomic E-state index is 0.106. The molecule has 7 heteroatoms. The molecular formula is C26H21N3O3S. The Morgan fingerprint density at radius 2 is 1.52 bits per heavy atom. The van der Waals surface area contributed by atoms with Crippen LogP contribution < -0.4 is 10.3 Å². The van der Waals surface area contributed by atoms with Gasteiger partial charge in [0.05, 0.1) is 22.7 Å². The summed E-state index contributed by atoms with van der Waals surface area (Å²) in [5.74, 6) is -0.673. The number of hydrazone groups is 1. The fourth-order valence-corrected chi connectivity index (χ4v) is 5.19. The highest BCUT2D eigenvalue weighted by Crippen LogP contribution is 2.47. The van der Waals surface area contributed by atoms with E-state index in [1.54, 1.807) is 43.0 Å². The first-order valence-corrected chi connectivity index (χ1v) is 11.4. The third-order valence-electron chi connectivity index (χ3n) is 5.70. The number of aliphatic hydroxyl groups is 1. The third-order valence-corrected chi connectivity index (χ3v) is 6.83. The van der Waals surface area contributed by atoms with E-state index in [1.165, 1.54) is 0 Å². The molecule has 33 heavy (non-hydrogen) atoms. The average Bonchev–Trinajstić information content (AvgIpc) is 3.10. The number of rotatable bonds is 5. The molecule has 2 N–H and O–H groups in total. The van der Waals surface area contributed by atoms with E-state index in [9.17, 15) is 14.7 Å². The van der Waals surface area contributed by atoms with E-state index in [4.69, 9.17) is 0 Å². The van der Waals surface area contributed by atoms with Gasteiger partial charge in [-0.05, 0) is 31.2 Å². The number of para-hydroxylation sites is 2. The lowest BCUT2D eigenvalue weighted by molar-refractivity contribution is -0.120. The highest BCUT2D eigenvalue weighted by Gasteiger charge is 2.31. The Kier molecular flexibility index (Phi) is 5.48. The first-order valence-electron chi connectivity index (χ1n) is 10.6. The van der Waals surface area contributed by atoms with E-state index in [1.807, 2.05) is 24.3 Å². The van der Waals surface area contributed by atoms with E-state index in [2.05, 4.69) is 39.7 Å². The zero-order valence-corrected chi connectivity index (χ0v) is 18.7. The van der Waals surface area contributed by atoms with Crippen LogP contribution in [-0.4, -0.2) is 29.1 Å². The van der Waals surface area contributed by atoms with E-state index in [0.29, 0.717) is 17.7 Å². The Hall–Kier alpha value is -3.84. The summed E-state index contributed by atoms with van der Waals surface area (Å²) >= 11 is 1.72. The summed E-state index contributed by atoms with van der Waals surface area (Å²) in [6, 6.07) is 23.1. The SMILES string of the molecule is CC(=NNC(=O)CCN1c2ccccc2Sc2ccccc21)C1=C(O)c2ccccc2C1=O. The van der Waals surface area contributed by atoms with Gasteiger partial charge in [-0.2, -0.15) is 5.10 Å². The summed E-state index contributed by atoms with van der Waals surface area (Å²) in [5, 5.41) is 14.6. The second-order valence-corrected chi connectivity index (χ2v) is 8.85. The average molecular weight is 456 g/mol. The van der Waals surface area contributed by atoms with Crippen LogP contribution >= 0.6 is 11.8 Å². The van der Waals surface area contributed by atoms with Gasteiger partial charge in [0.1, 0.15) is 5.76 Å². The van der Waals surface area contributed by atoms with Crippen molar-refractivity contribution in [1.82, 2.24) is 5.43 Å². The van der Waals surface area contributed by atoms with Crippen LogP contribution in [0.5, 0.6) is 0 Å². The Morgan fingerprint density at radius 1 is 0.939 bits per heavy atom. The van der Waals surface area contributed by atoms with Crippen molar-refractivity contribution in [1.29, 1.82) is 0 Å². The largest absolute Gasteiger partial charge is 0.506 e. The molecule has 3 aromatic carbocycles. The van der Waals surface area contributed by atoms with Gasteiger partial charge in [-0.1, -0.05) is 60.3 Å². The molecule has 1 heterocycles. The van der Waals surface area contributed by atoms with Gasteiger partial charge in [0.15, 0.2) is 5.78 Å². The van der Waals surface area contributed by atoms with Crippen molar-refractivity contribution in [3.63, 3.8) is 0 Å². The van der Waals surface area contributed by atoms with E-state index < -0.39 is 0 Å². The summed E-state index contributed by atoms with van der Waals surface area (Å²) in [6.07, 6.45) is 0.212. The Morgan fingerprint density at radius 3 is 2.15 bits per heavy atom. The van der Waals surface area contributed by atoms with Crippen LogP contribution in [-0.2, 0) is 4.79 Å². The summed E-state index contributed by atoms with van der Waals surface area (Å²) in [4.78, 5) is 29.7. The number of hydrogen-bond acceptors (Lipinski definition) is 6. The number of nitrogens with one attached hydrogen (secondary N) is 1. The lowest BCUT2D eigenvalue weighted by Crippen LogP contribution is -2.28. The first-order chi connectivity index (χ1) is 16.0. The van der Waals surface area contributed by atoms with Gasteiger partial charge < -0.3 is 10.0 Å². The standard InChI is InChI=1S/C26H21N3O3S/c1-16(24-25(31)17-8-2-3-9-18(17)26(24)32)27-28-23(30)14-15-29-19-10-4-6-12-21(19)33-22-13-7-5-11-20(22)29/h2-13,31H,14-15H2,1H3,(H,28,30). The fourth-order valence-electron chi connectivity index (χ4n) is 4.09. The number of aliphatic hydroxyl groups excluding tert-OH is 1. The number of ketones is 1. The van der Waals surface area contributed by atoms with Crippen molar-refractivity contribution >= 4 is 46.3 Å². The molecule has 6 nitrogen and oxygen atoms in total. The van der Waals surface area contributed by atoms with Gasteiger partial charge in [-0.3, -0.25) is 9.59 Å². The quantitative estimate of drug-likeness (QED) is 0.401. The molecule has 0 atom stereocenters. The molecule has 0 fully saturated rings. The van der Waals surface area contributed by atoms with Gasteiger partial charge in [0.25, 0.3) is 0 Å². The van der Waals surface area contributed by atoms with E-state index in [0.717, 1.165) is 21.2 Å². The molecular weight excluding hydrogens is 434 g/mol. The number of amides is 1. The predicted octanol–water partition coefficient (Wildman–Crippen LogP) is 5.34. The molecule has 5 rings (SSSR count). The molecule has 0 saturated heterocycles. The normalized spacial score (nSPS) is 14.6. The van der Waals surface area contributed by atoms with Gasteiger partial charge in [-0.25, -0.2) is 5.43 Å². The Balaban J connectivity index is 1.29. The van der Waals surface area contributed by atoms with Crippen LogP contribution in [0.2, 0.25) is 0 Å². The summed E-state index contributed by atoms with van der Waals surface area (Å²) < 4.78 is 0. The maximum Gasteiger partial charge on any atom is 0.241 e. The zero-order chi connectivity index (χ0) is 22.9. The van der Waals surface area contributed by atoms with Crippen LogP contribution in [0.4, 0.5) is 11.4 Å². The molecule has 2 aliphatic rings. The third kappa shape index (κ3) is 3.81. The number of carbonyl (C=O) groups excluding carboxylic acids is 2. The minimum atomic E-state index is -0.294. The van der Waals surface area contributed by atoms with Crippen molar-refractivity contribution in [3.05, 3.63) is 89.5 Å². The van der Waals surface area contributed by atoms with Crippen LogP contribution in [0.3, 0.4) is 0 Å². The van der Waals surface area contributed by atoms with Crippen molar-refractivity contribution in [2.45, 2.75) is 23.1 Å². The van der Waals surface area contributed by atoms with Crippen molar-refractivity contribution < 1.29 is 14.7 Å². The molecule has 1 aliphatic heterocycles. The molecule has 3 aromatic rings. The molecule has 164 valence electrons. The maximum absolute atomic E-state index is 12.6. The number of carbonyl (C=O) groups is 2. The highest BCUT2D eigenvalue weighted by atomic mass is 32.2. The summed E-state index contributed by atoms with van der Waals surface area (Å²) in [7, 11) is 0. The predicted molar refractivity (Wildman–Crippen MR) is 130 cm³/mol. The topological polar surface area (TPSA) is 82.0 Å². The fraction of sp³-hybridized carbons (Fsp3) is 0.115. The highest BCUT2D eigenvalue weighted by molar-refractivity contribution is 7.99.